The van der Waals surface area contributed by atoms with E-state index in [0.29, 0.717) is 12.2 Å². The Morgan fingerprint density at radius 3 is 2.58 bits per heavy atom. The zero-order valence-corrected chi connectivity index (χ0v) is 14.7. The highest BCUT2D eigenvalue weighted by Gasteiger charge is 2.28. The summed E-state index contributed by atoms with van der Waals surface area (Å²) in [5, 5.41) is 4.60. The van der Waals surface area contributed by atoms with E-state index in [9.17, 15) is 9.18 Å². The minimum Gasteiger partial charge on any atom is -0.336 e. The molecule has 0 aliphatic heterocycles. The van der Waals surface area contributed by atoms with Gasteiger partial charge in [0.1, 0.15) is 5.82 Å². The summed E-state index contributed by atoms with van der Waals surface area (Å²) >= 11 is 0. The molecule has 0 saturated carbocycles. The molecular formula is C21H20FN3O. The molecule has 1 heterocycles. The van der Waals surface area contributed by atoms with Crippen LogP contribution in [-0.2, 0) is 19.4 Å². The topological polar surface area (TPSA) is 38.1 Å². The van der Waals surface area contributed by atoms with Gasteiger partial charge >= 0.3 is 0 Å². The van der Waals surface area contributed by atoms with E-state index in [1.807, 2.05) is 30.3 Å². The smallest absolute Gasteiger partial charge is 0.274 e. The SMILES string of the molecule is CN(Cc1ccccc1)C(=O)c1nn(-c2ccc(F)cc2)c2c1CCC2. The molecule has 1 amide bonds. The van der Waals surface area contributed by atoms with Gasteiger partial charge in [0, 0.05) is 24.8 Å². The van der Waals surface area contributed by atoms with Crippen molar-refractivity contribution < 1.29 is 9.18 Å². The van der Waals surface area contributed by atoms with Crippen molar-refractivity contribution in [3.05, 3.63) is 82.9 Å². The minimum absolute atomic E-state index is 0.0761. The molecule has 1 aromatic heterocycles. The molecule has 0 radical (unpaired) electrons. The Balaban J connectivity index is 1.65. The van der Waals surface area contributed by atoms with E-state index in [2.05, 4.69) is 5.10 Å². The van der Waals surface area contributed by atoms with Crippen molar-refractivity contribution in [2.24, 2.45) is 0 Å². The standard InChI is InChI=1S/C21H20FN3O/c1-24(14-15-6-3-2-4-7-15)21(26)20-18-8-5-9-19(18)25(23-20)17-12-10-16(22)11-13-17/h2-4,6-7,10-13H,5,8-9,14H2,1H3. The summed E-state index contributed by atoms with van der Waals surface area (Å²) in [6.07, 6.45) is 2.75. The molecule has 4 nitrogen and oxygen atoms in total. The molecule has 5 heteroatoms. The molecule has 0 atom stereocenters. The number of rotatable bonds is 4. The van der Waals surface area contributed by atoms with Crippen LogP contribution < -0.4 is 0 Å². The summed E-state index contributed by atoms with van der Waals surface area (Å²) in [4.78, 5) is 14.7. The maximum atomic E-state index is 13.2. The van der Waals surface area contributed by atoms with Gasteiger partial charge < -0.3 is 4.90 Å². The highest BCUT2D eigenvalue weighted by atomic mass is 19.1. The van der Waals surface area contributed by atoms with Crippen LogP contribution in [0.2, 0.25) is 0 Å². The Hall–Kier alpha value is -2.95. The number of halogens is 1. The van der Waals surface area contributed by atoms with Crippen LogP contribution in [0, 0.1) is 5.82 Å². The molecule has 4 rings (SSSR count). The van der Waals surface area contributed by atoms with Crippen LogP contribution in [0.1, 0.15) is 33.7 Å². The van der Waals surface area contributed by atoms with Gasteiger partial charge in [0.15, 0.2) is 5.69 Å². The van der Waals surface area contributed by atoms with Crippen LogP contribution in [-0.4, -0.2) is 27.6 Å². The first-order valence-electron chi connectivity index (χ1n) is 8.79. The van der Waals surface area contributed by atoms with Crippen molar-refractivity contribution >= 4 is 5.91 Å². The van der Waals surface area contributed by atoms with Crippen LogP contribution in [0.4, 0.5) is 4.39 Å². The summed E-state index contributed by atoms with van der Waals surface area (Å²) < 4.78 is 15.0. The highest BCUT2D eigenvalue weighted by molar-refractivity contribution is 5.94. The average molecular weight is 349 g/mol. The number of carbonyl (C=O) groups excluding carboxylic acids is 1. The fourth-order valence-corrected chi connectivity index (χ4v) is 3.51. The van der Waals surface area contributed by atoms with E-state index < -0.39 is 0 Å². The molecule has 0 N–H and O–H groups in total. The van der Waals surface area contributed by atoms with Crippen LogP contribution >= 0.6 is 0 Å². The Bertz CT molecular complexity index is 932. The lowest BCUT2D eigenvalue weighted by Gasteiger charge is -2.16. The maximum Gasteiger partial charge on any atom is 0.274 e. The lowest BCUT2D eigenvalue weighted by atomic mass is 10.1. The third kappa shape index (κ3) is 3.01. The molecule has 0 saturated heterocycles. The predicted molar refractivity (Wildman–Crippen MR) is 97.8 cm³/mol. The van der Waals surface area contributed by atoms with Crippen molar-refractivity contribution in [3.8, 4) is 5.69 Å². The van der Waals surface area contributed by atoms with Gasteiger partial charge in [0.25, 0.3) is 5.91 Å². The fourth-order valence-electron chi connectivity index (χ4n) is 3.51. The van der Waals surface area contributed by atoms with Crippen molar-refractivity contribution in [1.82, 2.24) is 14.7 Å². The van der Waals surface area contributed by atoms with Gasteiger partial charge in [-0.05, 0) is 49.1 Å². The van der Waals surface area contributed by atoms with E-state index in [1.54, 1.807) is 28.8 Å². The lowest BCUT2D eigenvalue weighted by Crippen LogP contribution is -2.27. The molecule has 0 spiro atoms. The van der Waals surface area contributed by atoms with E-state index in [4.69, 9.17) is 0 Å². The van der Waals surface area contributed by atoms with Gasteiger partial charge in [-0.1, -0.05) is 30.3 Å². The maximum absolute atomic E-state index is 13.2. The van der Waals surface area contributed by atoms with Gasteiger partial charge in [-0.3, -0.25) is 4.79 Å². The summed E-state index contributed by atoms with van der Waals surface area (Å²) in [6, 6.07) is 16.1. The zero-order valence-electron chi connectivity index (χ0n) is 14.7. The monoisotopic (exact) mass is 349 g/mol. The summed E-state index contributed by atoms with van der Waals surface area (Å²) in [7, 11) is 1.80. The molecule has 3 aromatic rings. The minimum atomic E-state index is -0.281. The number of hydrogen-bond donors (Lipinski definition) is 0. The van der Waals surface area contributed by atoms with Crippen LogP contribution in [0.15, 0.2) is 54.6 Å². The van der Waals surface area contributed by atoms with Gasteiger partial charge in [0.2, 0.25) is 0 Å². The number of hydrogen-bond acceptors (Lipinski definition) is 2. The molecule has 0 bridgehead atoms. The van der Waals surface area contributed by atoms with Crippen LogP contribution in [0.3, 0.4) is 0 Å². The predicted octanol–water partition coefficient (Wildman–Crippen LogP) is 3.77. The van der Waals surface area contributed by atoms with Gasteiger partial charge in [-0.15, -0.1) is 0 Å². The number of amides is 1. The summed E-state index contributed by atoms with van der Waals surface area (Å²) in [5.74, 6) is -0.357. The normalized spacial score (nSPS) is 12.8. The Morgan fingerprint density at radius 2 is 1.85 bits per heavy atom. The number of carbonyl (C=O) groups is 1. The van der Waals surface area contributed by atoms with Gasteiger partial charge in [-0.25, -0.2) is 9.07 Å². The molecule has 0 unspecified atom stereocenters. The first kappa shape index (κ1) is 16.5. The van der Waals surface area contributed by atoms with E-state index in [-0.39, 0.29) is 11.7 Å². The van der Waals surface area contributed by atoms with E-state index in [0.717, 1.165) is 41.8 Å². The van der Waals surface area contributed by atoms with Crippen LogP contribution in [0.25, 0.3) is 5.69 Å². The Kier molecular flexibility index (Phi) is 4.29. The second-order valence-electron chi connectivity index (χ2n) is 6.66. The largest absolute Gasteiger partial charge is 0.336 e. The molecule has 1 aliphatic rings. The van der Waals surface area contributed by atoms with E-state index >= 15 is 0 Å². The van der Waals surface area contributed by atoms with Crippen molar-refractivity contribution in [2.75, 3.05) is 7.05 Å². The molecular weight excluding hydrogens is 329 g/mol. The van der Waals surface area contributed by atoms with Gasteiger partial charge in [-0.2, -0.15) is 5.10 Å². The zero-order chi connectivity index (χ0) is 18.1. The third-order valence-corrected chi connectivity index (χ3v) is 4.81. The third-order valence-electron chi connectivity index (χ3n) is 4.81. The molecule has 132 valence electrons. The number of aromatic nitrogens is 2. The molecule has 2 aromatic carbocycles. The molecule has 1 aliphatic carbocycles. The summed E-state index contributed by atoms with van der Waals surface area (Å²) in [5.41, 5.74) is 4.47. The molecule has 26 heavy (non-hydrogen) atoms. The van der Waals surface area contributed by atoms with Gasteiger partial charge in [0.05, 0.1) is 5.69 Å². The van der Waals surface area contributed by atoms with Crippen molar-refractivity contribution in [2.45, 2.75) is 25.8 Å². The number of benzene rings is 2. The second-order valence-corrected chi connectivity index (χ2v) is 6.66. The van der Waals surface area contributed by atoms with Crippen molar-refractivity contribution in [1.29, 1.82) is 0 Å². The highest BCUT2D eigenvalue weighted by Crippen LogP contribution is 2.28. The van der Waals surface area contributed by atoms with Crippen molar-refractivity contribution in [3.63, 3.8) is 0 Å². The van der Waals surface area contributed by atoms with E-state index in [1.165, 1.54) is 12.1 Å². The second kappa shape index (κ2) is 6.75. The average Bonchev–Trinajstić information content (AvgIpc) is 3.25. The first-order chi connectivity index (χ1) is 12.6. The number of fused-ring (bicyclic) bond motifs is 1. The lowest BCUT2D eigenvalue weighted by molar-refractivity contribution is 0.0777. The first-order valence-corrected chi connectivity index (χ1v) is 8.79. The number of nitrogens with zero attached hydrogens (tertiary/aromatic N) is 3. The Morgan fingerprint density at radius 1 is 1.12 bits per heavy atom. The summed E-state index contributed by atoms with van der Waals surface area (Å²) in [6.45, 7) is 0.540. The quantitative estimate of drug-likeness (QED) is 0.719. The molecule has 0 fully saturated rings. The fraction of sp³-hybridized carbons (Fsp3) is 0.238. The van der Waals surface area contributed by atoms with Crippen LogP contribution in [0.5, 0.6) is 0 Å². The Labute approximate surface area is 151 Å².